The number of fused-ring (bicyclic) bond motifs is 1. The van der Waals surface area contributed by atoms with E-state index in [4.69, 9.17) is 4.42 Å². The molecule has 132 valence electrons. The van der Waals surface area contributed by atoms with Crippen LogP contribution < -0.4 is 10.6 Å². The minimum atomic E-state index is -0.123. The molecule has 0 saturated carbocycles. The fourth-order valence-electron chi connectivity index (χ4n) is 2.97. The SMILES string of the molecule is Cc1ccc(N(CCn2nc3ccccn3c2=O)Cc2ccco2)cc1. The van der Waals surface area contributed by atoms with Gasteiger partial charge in [0, 0.05) is 18.4 Å². The molecule has 3 aromatic heterocycles. The van der Waals surface area contributed by atoms with E-state index in [0.29, 0.717) is 25.3 Å². The summed E-state index contributed by atoms with van der Waals surface area (Å²) in [5.41, 5.74) is 2.83. The van der Waals surface area contributed by atoms with Crippen molar-refractivity contribution in [3.63, 3.8) is 0 Å². The Labute approximate surface area is 150 Å². The third kappa shape index (κ3) is 3.26. The van der Waals surface area contributed by atoms with E-state index in [1.54, 1.807) is 16.9 Å². The van der Waals surface area contributed by atoms with Crippen molar-refractivity contribution in [1.82, 2.24) is 14.2 Å². The number of hydrogen-bond donors (Lipinski definition) is 0. The van der Waals surface area contributed by atoms with Gasteiger partial charge in [-0.15, -0.1) is 5.10 Å². The Kier molecular flexibility index (Phi) is 4.31. The van der Waals surface area contributed by atoms with Crippen LogP contribution in [0.25, 0.3) is 5.65 Å². The van der Waals surface area contributed by atoms with E-state index in [0.717, 1.165) is 11.4 Å². The van der Waals surface area contributed by atoms with Crippen LogP contribution in [-0.2, 0) is 13.1 Å². The molecule has 0 bridgehead atoms. The van der Waals surface area contributed by atoms with Crippen molar-refractivity contribution in [2.45, 2.75) is 20.0 Å². The molecule has 0 aliphatic heterocycles. The molecule has 0 N–H and O–H groups in total. The maximum atomic E-state index is 12.5. The van der Waals surface area contributed by atoms with Crippen LogP contribution in [-0.4, -0.2) is 20.7 Å². The van der Waals surface area contributed by atoms with Gasteiger partial charge in [0.25, 0.3) is 0 Å². The van der Waals surface area contributed by atoms with Gasteiger partial charge in [0.2, 0.25) is 0 Å². The maximum absolute atomic E-state index is 12.5. The van der Waals surface area contributed by atoms with E-state index >= 15 is 0 Å². The highest BCUT2D eigenvalue weighted by atomic mass is 16.3. The number of nitrogens with zero attached hydrogens (tertiary/aromatic N) is 4. The molecule has 0 fully saturated rings. The summed E-state index contributed by atoms with van der Waals surface area (Å²) < 4.78 is 8.57. The van der Waals surface area contributed by atoms with Gasteiger partial charge in [-0.2, -0.15) is 0 Å². The van der Waals surface area contributed by atoms with Crippen LogP contribution in [0.1, 0.15) is 11.3 Å². The van der Waals surface area contributed by atoms with Crippen LogP contribution in [0.4, 0.5) is 5.69 Å². The zero-order valence-electron chi connectivity index (χ0n) is 14.6. The van der Waals surface area contributed by atoms with Crippen molar-refractivity contribution in [1.29, 1.82) is 0 Å². The third-order valence-corrected chi connectivity index (χ3v) is 4.40. The van der Waals surface area contributed by atoms with E-state index in [1.165, 1.54) is 10.2 Å². The smallest absolute Gasteiger partial charge is 0.350 e. The number of aryl methyl sites for hydroxylation is 1. The highest BCUT2D eigenvalue weighted by molar-refractivity contribution is 5.47. The largest absolute Gasteiger partial charge is 0.467 e. The van der Waals surface area contributed by atoms with Gasteiger partial charge in [-0.25, -0.2) is 9.48 Å². The van der Waals surface area contributed by atoms with Gasteiger partial charge < -0.3 is 9.32 Å². The lowest BCUT2D eigenvalue weighted by Crippen LogP contribution is -2.31. The van der Waals surface area contributed by atoms with E-state index in [-0.39, 0.29) is 5.69 Å². The van der Waals surface area contributed by atoms with E-state index in [2.05, 4.69) is 41.2 Å². The summed E-state index contributed by atoms with van der Waals surface area (Å²) in [5.74, 6) is 0.882. The highest BCUT2D eigenvalue weighted by Gasteiger charge is 2.12. The van der Waals surface area contributed by atoms with Crippen LogP contribution in [0.2, 0.25) is 0 Å². The predicted molar refractivity (Wildman–Crippen MR) is 100 cm³/mol. The molecule has 3 heterocycles. The van der Waals surface area contributed by atoms with Crippen molar-refractivity contribution < 1.29 is 4.42 Å². The molecular weight excluding hydrogens is 328 g/mol. The molecule has 0 amide bonds. The molecule has 4 aromatic rings. The molecule has 0 aliphatic rings. The minimum Gasteiger partial charge on any atom is -0.467 e. The van der Waals surface area contributed by atoms with Crippen LogP contribution in [0.5, 0.6) is 0 Å². The Morgan fingerprint density at radius 3 is 2.65 bits per heavy atom. The Hall–Kier alpha value is -3.28. The molecule has 26 heavy (non-hydrogen) atoms. The van der Waals surface area contributed by atoms with Gasteiger partial charge >= 0.3 is 5.69 Å². The molecule has 4 rings (SSSR count). The lowest BCUT2D eigenvalue weighted by Gasteiger charge is -2.23. The molecule has 0 aliphatic carbocycles. The Morgan fingerprint density at radius 2 is 1.92 bits per heavy atom. The second kappa shape index (κ2) is 6.92. The number of anilines is 1. The highest BCUT2D eigenvalue weighted by Crippen LogP contribution is 2.18. The molecule has 1 aromatic carbocycles. The van der Waals surface area contributed by atoms with E-state index < -0.39 is 0 Å². The molecule has 6 heteroatoms. The normalized spacial score (nSPS) is 11.1. The average molecular weight is 348 g/mol. The molecule has 6 nitrogen and oxygen atoms in total. The van der Waals surface area contributed by atoms with Crippen molar-refractivity contribution in [3.05, 3.63) is 88.9 Å². The van der Waals surface area contributed by atoms with Gasteiger partial charge in [-0.05, 0) is 43.3 Å². The lowest BCUT2D eigenvalue weighted by molar-refractivity contribution is 0.492. The van der Waals surface area contributed by atoms with Crippen molar-refractivity contribution in [2.24, 2.45) is 0 Å². The second-order valence-corrected chi connectivity index (χ2v) is 6.27. The molecule has 0 saturated heterocycles. The zero-order valence-corrected chi connectivity index (χ0v) is 14.6. The molecule has 0 atom stereocenters. The number of aromatic nitrogens is 3. The van der Waals surface area contributed by atoms with Gasteiger partial charge in [0.15, 0.2) is 5.65 Å². The van der Waals surface area contributed by atoms with Crippen molar-refractivity contribution >= 4 is 11.3 Å². The van der Waals surface area contributed by atoms with Crippen LogP contribution in [0.3, 0.4) is 0 Å². The minimum absolute atomic E-state index is 0.123. The Bertz CT molecular complexity index is 1050. The molecular formula is C20H20N4O2. The number of hydrogen-bond acceptors (Lipinski definition) is 4. The topological polar surface area (TPSA) is 55.7 Å². The van der Waals surface area contributed by atoms with Gasteiger partial charge in [0.05, 0.1) is 19.4 Å². The van der Waals surface area contributed by atoms with Crippen molar-refractivity contribution in [2.75, 3.05) is 11.4 Å². The van der Waals surface area contributed by atoms with Crippen LogP contribution >= 0.6 is 0 Å². The van der Waals surface area contributed by atoms with Gasteiger partial charge in [-0.1, -0.05) is 23.8 Å². The first kappa shape index (κ1) is 16.2. The van der Waals surface area contributed by atoms with Crippen LogP contribution in [0, 0.1) is 6.92 Å². The van der Waals surface area contributed by atoms with Gasteiger partial charge in [-0.3, -0.25) is 4.40 Å². The number of pyridine rings is 1. The monoisotopic (exact) mass is 348 g/mol. The second-order valence-electron chi connectivity index (χ2n) is 6.27. The lowest BCUT2D eigenvalue weighted by atomic mass is 10.2. The summed E-state index contributed by atoms with van der Waals surface area (Å²) in [6.07, 6.45) is 3.41. The maximum Gasteiger partial charge on any atom is 0.350 e. The quantitative estimate of drug-likeness (QED) is 0.537. The third-order valence-electron chi connectivity index (χ3n) is 4.40. The number of benzene rings is 1. The zero-order chi connectivity index (χ0) is 17.9. The summed E-state index contributed by atoms with van der Waals surface area (Å²) in [5, 5.41) is 4.41. The van der Waals surface area contributed by atoms with E-state index in [1.807, 2.05) is 30.3 Å². The van der Waals surface area contributed by atoms with Crippen molar-refractivity contribution in [3.8, 4) is 0 Å². The van der Waals surface area contributed by atoms with E-state index in [9.17, 15) is 4.79 Å². The Morgan fingerprint density at radius 1 is 1.08 bits per heavy atom. The first-order chi connectivity index (χ1) is 12.7. The molecule has 0 radical (unpaired) electrons. The summed E-state index contributed by atoms with van der Waals surface area (Å²) in [4.78, 5) is 14.7. The number of rotatable bonds is 6. The molecule has 0 unspecified atom stereocenters. The summed E-state index contributed by atoms with van der Waals surface area (Å²) in [6, 6.07) is 17.7. The fraction of sp³-hybridized carbons (Fsp3) is 0.200. The Balaban J connectivity index is 1.58. The summed E-state index contributed by atoms with van der Waals surface area (Å²) in [7, 11) is 0. The fourth-order valence-corrected chi connectivity index (χ4v) is 2.97. The van der Waals surface area contributed by atoms with Crippen LogP contribution in [0.15, 0.2) is 76.3 Å². The summed E-state index contributed by atoms with van der Waals surface area (Å²) in [6.45, 7) is 3.84. The molecule has 0 spiro atoms. The first-order valence-corrected chi connectivity index (χ1v) is 8.59. The number of furan rings is 1. The average Bonchev–Trinajstić information content (AvgIpc) is 3.28. The summed E-state index contributed by atoms with van der Waals surface area (Å²) >= 11 is 0. The standard InChI is InChI=1S/C20H20N4O2/c1-16-7-9-17(10-8-16)22(15-18-5-4-14-26-18)12-13-24-20(25)23-11-3-2-6-19(23)21-24/h2-11,14H,12-13,15H2,1H3. The van der Waals surface area contributed by atoms with Gasteiger partial charge in [0.1, 0.15) is 5.76 Å². The predicted octanol–water partition coefficient (Wildman–Crippen LogP) is 3.10. The first-order valence-electron chi connectivity index (χ1n) is 8.59.